The molecule has 0 aliphatic carbocycles. The maximum Gasteiger partial charge on any atom is 0.306 e. The predicted molar refractivity (Wildman–Crippen MR) is 84.2 cm³/mol. The van der Waals surface area contributed by atoms with E-state index in [1.54, 1.807) is 11.8 Å². The number of carbonyl (C=O) groups is 2. The van der Waals surface area contributed by atoms with Gasteiger partial charge in [-0.2, -0.15) is 11.8 Å². The van der Waals surface area contributed by atoms with Gasteiger partial charge in [0, 0.05) is 31.0 Å². The number of aliphatic carboxylic acids is 1. The van der Waals surface area contributed by atoms with Crippen molar-refractivity contribution < 1.29 is 14.7 Å². The van der Waals surface area contributed by atoms with E-state index in [9.17, 15) is 9.59 Å². The highest BCUT2D eigenvalue weighted by Gasteiger charge is 2.26. The van der Waals surface area contributed by atoms with Gasteiger partial charge in [-0.1, -0.05) is 30.3 Å². The van der Waals surface area contributed by atoms with Crippen molar-refractivity contribution in [3.8, 4) is 0 Å². The lowest BCUT2D eigenvalue weighted by molar-refractivity contribution is -0.145. The number of thioether (sulfide) groups is 1. The third-order valence-electron chi connectivity index (χ3n) is 3.77. The molecule has 0 saturated carbocycles. The van der Waals surface area contributed by atoms with Crippen molar-refractivity contribution in [1.29, 1.82) is 0 Å². The maximum absolute atomic E-state index is 12.1. The number of likely N-dealkylation sites (tertiary alicyclic amines) is 1. The highest BCUT2D eigenvalue weighted by atomic mass is 32.2. The van der Waals surface area contributed by atoms with Crippen molar-refractivity contribution in [2.24, 2.45) is 5.92 Å². The van der Waals surface area contributed by atoms with Crippen LogP contribution in [0.3, 0.4) is 0 Å². The Morgan fingerprint density at radius 1 is 1.19 bits per heavy atom. The lowest BCUT2D eigenvalue weighted by Gasteiger charge is -2.30. The average Bonchev–Trinajstić information content (AvgIpc) is 2.52. The van der Waals surface area contributed by atoms with E-state index < -0.39 is 5.97 Å². The molecule has 1 saturated heterocycles. The molecule has 0 atom stereocenters. The summed E-state index contributed by atoms with van der Waals surface area (Å²) in [5.74, 6) is 0.878. The summed E-state index contributed by atoms with van der Waals surface area (Å²) in [5.41, 5.74) is 1.28. The highest BCUT2D eigenvalue weighted by Crippen LogP contribution is 2.19. The number of piperidine rings is 1. The fourth-order valence-corrected chi connectivity index (χ4v) is 3.35. The van der Waals surface area contributed by atoms with Gasteiger partial charge >= 0.3 is 5.97 Å². The summed E-state index contributed by atoms with van der Waals surface area (Å²) in [4.78, 5) is 24.7. The van der Waals surface area contributed by atoms with Crippen molar-refractivity contribution in [1.82, 2.24) is 4.90 Å². The zero-order valence-corrected chi connectivity index (χ0v) is 12.8. The Balaban J connectivity index is 1.63. The minimum absolute atomic E-state index is 0.152. The number of nitrogens with zero attached hydrogens (tertiary/aromatic N) is 1. The molecule has 0 radical (unpaired) electrons. The van der Waals surface area contributed by atoms with Crippen LogP contribution in [0, 0.1) is 5.92 Å². The van der Waals surface area contributed by atoms with Gasteiger partial charge in [0.2, 0.25) is 5.91 Å². The molecule has 1 amide bonds. The first kappa shape index (κ1) is 15.9. The van der Waals surface area contributed by atoms with E-state index in [0.29, 0.717) is 32.4 Å². The van der Waals surface area contributed by atoms with E-state index in [2.05, 4.69) is 12.1 Å². The Labute approximate surface area is 129 Å². The van der Waals surface area contributed by atoms with Crippen molar-refractivity contribution in [2.45, 2.75) is 25.0 Å². The van der Waals surface area contributed by atoms with Gasteiger partial charge in [-0.15, -0.1) is 0 Å². The fourth-order valence-electron chi connectivity index (χ4n) is 2.46. The lowest BCUT2D eigenvalue weighted by atomic mass is 9.97. The smallest absolute Gasteiger partial charge is 0.306 e. The van der Waals surface area contributed by atoms with Gasteiger partial charge < -0.3 is 10.0 Å². The number of benzene rings is 1. The number of amides is 1. The van der Waals surface area contributed by atoms with Crippen LogP contribution in [0.25, 0.3) is 0 Å². The topological polar surface area (TPSA) is 57.6 Å². The Kier molecular flexibility index (Phi) is 6.11. The zero-order chi connectivity index (χ0) is 15.1. The van der Waals surface area contributed by atoms with Gasteiger partial charge in [0.25, 0.3) is 0 Å². The number of carbonyl (C=O) groups excluding carboxylic acids is 1. The monoisotopic (exact) mass is 307 g/mol. The van der Waals surface area contributed by atoms with E-state index in [0.717, 1.165) is 11.5 Å². The van der Waals surface area contributed by atoms with Crippen molar-refractivity contribution in [3.63, 3.8) is 0 Å². The summed E-state index contributed by atoms with van der Waals surface area (Å²) in [6.07, 6.45) is 1.70. The molecular formula is C16H21NO3S. The summed E-state index contributed by atoms with van der Waals surface area (Å²) in [7, 11) is 0. The van der Waals surface area contributed by atoms with Gasteiger partial charge in [0.05, 0.1) is 5.92 Å². The summed E-state index contributed by atoms with van der Waals surface area (Å²) in [6.45, 7) is 1.16. The summed E-state index contributed by atoms with van der Waals surface area (Å²) in [6, 6.07) is 10.2. The molecule has 1 aromatic carbocycles. The van der Waals surface area contributed by atoms with Crippen LogP contribution in [0.2, 0.25) is 0 Å². The summed E-state index contributed by atoms with van der Waals surface area (Å²) >= 11 is 1.76. The third-order valence-corrected chi connectivity index (χ3v) is 4.80. The molecule has 2 rings (SSSR count). The quantitative estimate of drug-likeness (QED) is 0.821. The first-order chi connectivity index (χ1) is 10.2. The van der Waals surface area contributed by atoms with E-state index >= 15 is 0 Å². The molecule has 0 spiro atoms. The van der Waals surface area contributed by atoms with Crippen LogP contribution >= 0.6 is 11.8 Å². The highest BCUT2D eigenvalue weighted by molar-refractivity contribution is 7.98. The lowest BCUT2D eigenvalue weighted by Crippen LogP contribution is -2.40. The van der Waals surface area contributed by atoms with Gasteiger partial charge in [-0.3, -0.25) is 9.59 Å². The second-order valence-electron chi connectivity index (χ2n) is 5.28. The minimum atomic E-state index is -0.736. The van der Waals surface area contributed by atoms with E-state index in [4.69, 9.17) is 5.11 Å². The fraction of sp³-hybridized carbons (Fsp3) is 0.500. The average molecular weight is 307 g/mol. The molecule has 0 aromatic heterocycles. The molecule has 0 bridgehead atoms. The van der Waals surface area contributed by atoms with E-state index in [1.165, 1.54) is 5.56 Å². The Morgan fingerprint density at radius 2 is 1.86 bits per heavy atom. The molecule has 1 aliphatic heterocycles. The summed E-state index contributed by atoms with van der Waals surface area (Å²) in [5, 5.41) is 8.94. The molecule has 1 N–H and O–H groups in total. The Morgan fingerprint density at radius 3 is 2.48 bits per heavy atom. The number of hydrogen-bond acceptors (Lipinski definition) is 3. The van der Waals surface area contributed by atoms with Crippen LogP contribution in [0.5, 0.6) is 0 Å². The largest absolute Gasteiger partial charge is 0.481 e. The van der Waals surface area contributed by atoms with Gasteiger partial charge in [-0.25, -0.2) is 0 Å². The second-order valence-corrected chi connectivity index (χ2v) is 6.39. The molecule has 0 unspecified atom stereocenters. The maximum atomic E-state index is 12.1. The first-order valence-corrected chi connectivity index (χ1v) is 8.44. The SMILES string of the molecule is O=C(O)C1CCN(C(=O)CCSCc2ccccc2)CC1. The van der Waals surface area contributed by atoms with Crippen molar-refractivity contribution in [3.05, 3.63) is 35.9 Å². The molecule has 1 heterocycles. The molecule has 1 fully saturated rings. The Bertz CT molecular complexity index is 470. The molecule has 1 aliphatic rings. The van der Waals surface area contributed by atoms with Crippen molar-refractivity contribution >= 4 is 23.6 Å². The normalized spacial score (nSPS) is 15.9. The standard InChI is InChI=1S/C16H21NO3S/c18-15(17-9-6-14(7-10-17)16(19)20)8-11-21-12-13-4-2-1-3-5-13/h1-5,14H,6-12H2,(H,19,20). The number of rotatable bonds is 6. The van der Waals surface area contributed by atoms with Crippen LogP contribution in [-0.2, 0) is 15.3 Å². The van der Waals surface area contributed by atoms with Crippen molar-refractivity contribution in [2.75, 3.05) is 18.8 Å². The molecular weight excluding hydrogens is 286 g/mol. The third kappa shape index (κ3) is 5.08. The van der Waals surface area contributed by atoms with Gasteiger partial charge in [0.15, 0.2) is 0 Å². The minimum Gasteiger partial charge on any atom is -0.481 e. The van der Waals surface area contributed by atoms with Crippen LogP contribution in [0.4, 0.5) is 0 Å². The number of hydrogen-bond donors (Lipinski definition) is 1. The van der Waals surface area contributed by atoms with Crippen LogP contribution < -0.4 is 0 Å². The predicted octanol–water partition coefficient (Wildman–Crippen LogP) is 2.63. The van der Waals surface area contributed by atoms with Crippen LogP contribution in [0.15, 0.2) is 30.3 Å². The molecule has 4 nitrogen and oxygen atoms in total. The van der Waals surface area contributed by atoms with Crippen LogP contribution in [-0.4, -0.2) is 40.7 Å². The molecule has 5 heteroatoms. The second kappa shape index (κ2) is 8.08. The van der Waals surface area contributed by atoms with E-state index in [-0.39, 0.29) is 11.8 Å². The van der Waals surface area contributed by atoms with E-state index in [1.807, 2.05) is 23.1 Å². The van der Waals surface area contributed by atoms with Gasteiger partial charge in [0.1, 0.15) is 0 Å². The molecule has 21 heavy (non-hydrogen) atoms. The summed E-state index contributed by atoms with van der Waals surface area (Å²) < 4.78 is 0. The Hall–Kier alpha value is -1.49. The number of carboxylic acid groups (broad SMARTS) is 1. The molecule has 114 valence electrons. The zero-order valence-electron chi connectivity index (χ0n) is 12.0. The van der Waals surface area contributed by atoms with Crippen LogP contribution in [0.1, 0.15) is 24.8 Å². The number of carboxylic acids is 1. The van der Waals surface area contributed by atoms with Gasteiger partial charge in [-0.05, 0) is 18.4 Å². The first-order valence-electron chi connectivity index (χ1n) is 7.29. The molecule has 1 aromatic rings.